The molecule has 2 rings (SSSR count). The molecule has 0 radical (unpaired) electrons. The van der Waals surface area contributed by atoms with E-state index in [0.717, 1.165) is 12.0 Å². The molecule has 21 heavy (non-hydrogen) atoms. The zero-order valence-electron chi connectivity index (χ0n) is 12.5. The molecule has 1 aromatic rings. The first-order valence-corrected chi connectivity index (χ1v) is 7.14. The van der Waals surface area contributed by atoms with Crippen LogP contribution in [0.1, 0.15) is 25.3 Å². The average Bonchev–Trinajstić information content (AvgIpc) is 2.84. The minimum Gasteiger partial charge on any atom is -0.481 e. The molecule has 1 unspecified atom stereocenters. The minimum absolute atomic E-state index is 0.189. The summed E-state index contributed by atoms with van der Waals surface area (Å²) < 4.78 is 1.72. The second-order valence-corrected chi connectivity index (χ2v) is 5.90. The summed E-state index contributed by atoms with van der Waals surface area (Å²) in [5.74, 6) is -0.838. The van der Waals surface area contributed by atoms with Gasteiger partial charge in [0.25, 0.3) is 0 Å². The molecule has 0 aliphatic carbocycles. The van der Waals surface area contributed by atoms with E-state index in [-0.39, 0.29) is 12.6 Å². The van der Waals surface area contributed by atoms with Crippen LogP contribution >= 0.6 is 0 Å². The lowest BCUT2D eigenvalue weighted by Gasteiger charge is -2.37. The Morgan fingerprint density at radius 1 is 1.52 bits per heavy atom. The van der Waals surface area contributed by atoms with Gasteiger partial charge in [-0.15, -0.1) is 0 Å². The Labute approximate surface area is 123 Å². The number of rotatable bonds is 4. The van der Waals surface area contributed by atoms with Crippen LogP contribution in [0, 0.1) is 5.41 Å². The second-order valence-electron chi connectivity index (χ2n) is 5.90. The minimum atomic E-state index is -0.838. The lowest BCUT2D eigenvalue weighted by Crippen LogP contribution is -2.51. The summed E-state index contributed by atoms with van der Waals surface area (Å²) in [6.45, 7) is 3.10. The van der Waals surface area contributed by atoms with Gasteiger partial charge in [0.05, 0.1) is 11.6 Å². The summed E-state index contributed by atoms with van der Waals surface area (Å²) in [6.07, 6.45) is 5.73. The van der Waals surface area contributed by atoms with Crippen LogP contribution in [0.2, 0.25) is 0 Å². The van der Waals surface area contributed by atoms with Gasteiger partial charge in [0.15, 0.2) is 0 Å². The van der Waals surface area contributed by atoms with Crippen molar-refractivity contribution in [1.29, 1.82) is 0 Å². The van der Waals surface area contributed by atoms with Crippen LogP contribution in [-0.4, -0.2) is 51.4 Å². The maximum atomic E-state index is 12.1. The van der Waals surface area contributed by atoms with Crippen molar-refractivity contribution in [3.63, 3.8) is 0 Å². The maximum absolute atomic E-state index is 12.1. The molecule has 7 heteroatoms. The van der Waals surface area contributed by atoms with Gasteiger partial charge < -0.3 is 15.3 Å². The Bertz CT molecular complexity index is 528. The van der Waals surface area contributed by atoms with Crippen LogP contribution in [0.15, 0.2) is 12.4 Å². The van der Waals surface area contributed by atoms with Crippen LogP contribution < -0.4 is 5.32 Å². The van der Waals surface area contributed by atoms with Gasteiger partial charge in [-0.1, -0.05) is 0 Å². The first-order valence-electron chi connectivity index (χ1n) is 7.14. The third-order valence-corrected chi connectivity index (χ3v) is 3.95. The number of likely N-dealkylation sites (tertiary alicyclic amines) is 1. The van der Waals surface area contributed by atoms with Gasteiger partial charge in [-0.25, -0.2) is 4.79 Å². The van der Waals surface area contributed by atoms with Gasteiger partial charge in [0.1, 0.15) is 0 Å². The Balaban J connectivity index is 1.81. The number of carbonyl (C=O) groups is 2. The van der Waals surface area contributed by atoms with E-state index in [1.165, 1.54) is 0 Å². The Kier molecular flexibility index (Phi) is 4.50. The predicted octanol–water partition coefficient (Wildman–Crippen LogP) is 0.859. The molecule has 1 atom stereocenters. The number of aliphatic carboxylic acids is 1. The SMILES string of the molecule is Cn1cc(CCNC(=O)N2CCCC(C)(C(=O)O)C2)cn1. The molecule has 0 aromatic carbocycles. The predicted molar refractivity (Wildman–Crippen MR) is 76.9 cm³/mol. The number of nitrogens with one attached hydrogen (secondary N) is 1. The molecule has 1 aromatic heterocycles. The lowest BCUT2D eigenvalue weighted by atomic mass is 9.82. The molecule has 0 spiro atoms. The van der Waals surface area contributed by atoms with E-state index >= 15 is 0 Å². The van der Waals surface area contributed by atoms with E-state index in [0.29, 0.717) is 25.9 Å². The summed E-state index contributed by atoms with van der Waals surface area (Å²) in [5.41, 5.74) is 0.227. The standard InChI is InChI=1S/C14H22N4O3/c1-14(12(19)20)5-3-7-18(10-14)13(21)15-6-4-11-8-16-17(2)9-11/h8-9H,3-7,10H2,1-2H3,(H,15,21)(H,19,20). The fraction of sp³-hybridized carbons (Fsp3) is 0.643. The maximum Gasteiger partial charge on any atom is 0.317 e. The van der Waals surface area contributed by atoms with Gasteiger partial charge in [-0.05, 0) is 31.7 Å². The Morgan fingerprint density at radius 2 is 2.29 bits per heavy atom. The summed E-state index contributed by atoms with van der Waals surface area (Å²) in [6, 6.07) is -0.189. The molecule has 2 N–H and O–H groups in total. The number of hydrogen-bond acceptors (Lipinski definition) is 3. The third-order valence-electron chi connectivity index (χ3n) is 3.95. The number of carbonyl (C=O) groups excluding carboxylic acids is 1. The van der Waals surface area contributed by atoms with Gasteiger partial charge in [-0.3, -0.25) is 9.48 Å². The number of carboxylic acid groups (broad SMARTS) is 1. The van der Waals surface area contributed by atoms with Gasteiger partial charge in [-0.2, -0.15) is 5.10 Å². The zero-order valence-corrected chi connectivity index (χ0v) is 12.5. The molecule has 1 fully saturated rings. The van der Waals surface area contributed by atoms with Crippen LogP contribution in [0.4, 0.5) is 4.79 Å². The number of urea groups is 1. The van der Waals surface area contributed by atoms with Crippen molar-refractivity contribution < 1.29 is 14.7 Å². The van der Waals surface area contributed by atoms with Gasteiger partial charge >= 0.3 is 12.0 Å². The van der Waals surface area contributed by atoms with E-state index in [1.54, 1.807) is 22.7 Å². The van der Waals surface area contributed by atoms with Crippen molar-refractivity contribution in [1.82, 2.24) is 20.0 Å². The van der Waals surface area contributed by atoms with Gasteiger partial charge in [0, 0.05) is 32.9 Å². The molecule has 7 nitrogen and oxygen atoms in total. The summed E-state index contributed by atoms with van der Waals surface area (Å²) in [5, 5.41) is 16.2. The monoisotopic (exact) mass is 294 g/mol. The quantitative estimate of drug-likeness (QED) is 0.862. The van der Waals surface area contributed by atoms with Crippen molar-refractivity contribution in [2.24, 2.45) is 12.5 Å². The molecule has 1 aliphatic rings. The smallest absolute Gasteiger partial charge is 0.317 e. The largest absolute Gasteiger partial charge is 0.481 e. The third kappa shape index (κ3) is 3.74. The van der Waals surface area contributed by atoms with E-state index < -0.39 is 11.4 Å². The highest BCUT2D eigenvalue weighted by atomic mass is 16.4. The molecule has 2 heterocycles. The molecule has 0 saturated carbocycles. The summed E-state index contributed by atoms with van der Waals surface area (Å²) in [7, 11) is 1.85. The summed E-state index contributed by atoms with van der Waals surface area (Å²) >= 11 is 0. The van der Waals surface area contributed by atoms with Crippen molar-refractivity contribution in [3.8, 4) is 0 Å². The Morgan fingerprint density at radius 3 is 2.90 bits per heavy atom. The second kappa shape index (κ2) is 6.15. The topological polar surface area (TPSA) is 87.5 Å². The fourth-order valence-electron chi connectivity index (χ4n) is 2.61. The number of hydrogen-bond donors (Lipinski definition) is 2. The average molecular weight is 294 g/mol. The highest BCUT2D eigenvalue weighted by Crippen LogP contribution is 2.29. The van der Waals surface area contributed by atoms with E-state index in [4.69, 9.17) is 0 Å². The van der Waals surface area contributed by atoms with Crippen molar-refractivity contribution in [2.45, 2.75) is 26.2 Å². The molecule has 0 bridgehead atoms. The highest BCUT2D eigenvalue weighted by molar-refractivity contribution is 5.78. The number of carboxylic acids is 1. The molecule has 2 amide bonds. The fourth-order valence-corrected chi connectivity index (χ4v) is 2.61. The van der Waals surface area contributed by atoms with Crippen molar-refractivity contribution in [3.05, 3.63) is 18.0 Å². The number of aryl methyl sites for hydroxylation is 1. The molecular weight excluding hydrogens is 272 g/mol. The normalized spacial score (nSPS) is 22.1. The van der Waals surface area contributed by atoms with Crippen LogP contribution in [0.3, 0.4) is 0 Å². The van der Waals surface area contributed by atoms with E-state index in [9.17, 15) is 14.7 Å². The Hall–Kier alpha value is -2.05. The van der Waals surface area contributed by atoms with Crippen LogP contribution in [-0.2, 0) is 18.3 Å². The van der Waals surface area contributed by atoms with Crippen molar-refractivity contribution >= 4 is 12.0 Å². The molecule has 1 saturated heterocycles. The number of aromatic nitrogens is 2. The number of nitrogens with zero attached hydrogens (tertiary/aromatic N) is 3. The van der Waals surface area contributed by atoms with E-state index in [1.807, 2.05) is 13.2 Å². The van der Waals surface area contributed by atoms with Crippen molar-refractivity contribution in [2.75, 3.05) is 19.6 Å². The van der Waals surface area contributed by atoms with Crippen LogP contribution in [0.5, 0.6) is 0 Å². The number of piperidine rings is 1. The first-order chi connectivity index (χ1) is 9.90. The molecular formula is C14H22N4O3. The van der Waals surface area contributed by atoms with Crippen LogP contribution in [0.25, 0.3) is 0 Å². The van der Waals surface area contributed by atoms with E-state index in [2.05, 4.69) is 10.4 Å². The molecule has 116 valence electrons. The number of amides is 2. The summed E-state index contributed by atoms with van der Waals surface area (Å²) in [4.78, 5) is 25.0. The van der Waals surface area contributed by atoms with Gasteiger partial charge in [0.2, 0.25) is 0 Å². The first kappa shape index (κ1) is 15.3. The molecule has 1 aliphatic heterocycles. The zero-order chi connectivity index (χ0) is 15.5. The highest BCUT2D eigenvalue weighted by Gasteiger charge is 2.39. The lowest BCUT2D eigenvalue weighted by molar-refractivity contribution is -0.150.